The Morgan fingerprint density at radius 3 is 1.36 bits per heavy atom. The van der Waals surface area contributed by atoms with Crippen LogP contribution in [0.1, 0.15) is 0 Å². The highest BCUT2D eigenvalue weighted by molar-refractivity contribution is 7.26. The molecule has 2 aromatic heterocycles. The smallest absolute Gasteiger partial charge is 0.0703 e. The van der Waals surface area contributed by atoms with Crippen LogP contribution in [0.5, 0.6) is 0 Å². The number of para-hydroxylation sites is 2. The van der Waals surface area contributed by atoms with E-state index in [4.69, 9.17) is 0 Å². The number of aromatic nitrogens is 2. The summed E-state index contributed by atoms with van der Waals surface area (Å²) in [5.74, 6) is 0. The number of hydrogen-bond donors (Lipinski definition) is 0. The van der Waals surface area contributed by atoms with Crippen LogP contribution >= 0.6 is 11.3 Å². The molecule has 0 saturated heterocycles. The molecule has 9 aromatic carbocycles. The van der Waals surface area contributed by atoms with Crippen LogP contribution in [0.3, 0.4) is 0 Å². The molecule has 0 aliphatic rings. The average molecular weight is 693 g/mol. The van der Waals surface area contributed by atoms with Crippen molar-refractivity contribution in [2.24, 2.45) is 0 Å². The van der Waals surface area contributed by atoms with E-state index < -0.39 is 0 Å². The maximum Gasteiger partial charge on any atom is 0.0703 e. The molecule has 2 heterocycles. The van der Waals surface area contributed by atoms with E-state index in [-0.39, 0.29) is 0 Å². The summed E-state index contributed by atoms with van der Waals surface area (Å²) in [5.41, 5.74) is 7.05. The van der Waals surface area contributed by atoms with Crippen molar-refractivity contribution in [3.05, 3.63) is 194 Å². The molecule has 0 radical (unpaired) electrons. The van der Waals surface area contributed by atoms with Crippen LogP contribution in [0.25, 0.3) is 96.8 Å². The highest BCUT2D eigenvalue weighted by Crippen LogP contribution is 2.43. The predicted octanol–water partition coefficient (Wildman–Crippen LogP) is 14.2. The van der Waals surface area contributed by atoms with Gasteiger partial charge in [0.25, 0.3) is 0 Å². The zero-order valence-electron chi connectivity index (χ0n) is 28.8. The molecule has 0 aliphatic carbocycles. The molecule has 2 nitrogen and oxygen atoms in total. The normalized spacial score (nSPS) is 11.8. The predicted molar refractivity (Wildman–Crippen MR) is 229 cm³/mol. The first-order valence-electron chi connectivity index (χ1n) is 18.1. The quantitative estimate of drug-likeness (QED) is 0.174. The first kappa shape index (κ1) is 30.0. The minimum atomic E-state index is 1.13. The van der Waals surface area contributed by atoms with Crippen LogP contribution in [0.4, 0.5) is 0 Å². The molecule has 0 N–H and O–H groups in total. The fourth-order valence-corrected chi connectivity index (χ4v) is 9.62. The molecule has 0 bridgehead atoms. The van der Waals surface area contributed by atoms with Crippen molar-refractivity contribution in [3.63, 3.8) is 0 Å². The lowest BCUT2D eigenvalue weighted by Crippen LogP contribution is -2.04. The third-order valence-electron chi connectivity index (χ3n) is 10.8. The zero-order valence-corrected chi connectivity index (χ0v) is 29.6. The second-order valence-corrected chi connectivity index (χ2v) is 14.8. The lowest BCUT2D eigenvalue weighted by atomic mass is 9.92. The Labute approximate surface area is 310 Å². The second-order valence-electron chi connectivity index (χ2n) is 13.7. The highest BCUT2D eigenvalue weighted by Gasteiger charge is 2.15. The van der Waals surface area contributed by atoms with Gasteiger partial charge in [-0.3, -0.25) is 0 Å². The van der Waals surface area contributed by atoms with Gasteiger partial charge in [0.05, 0.1) is 11.0 Å². The molecule has 3 heteroatoms. The van der Waals surface area contributed by atoms with Gasteiger partial charge in [0, 0.05) is 43.9 Å². The molecule has 0 atom stereocenters. The molecule has 248 valence electrons. The number of hydrogen-bond acceptors (Lipinski definition) is 1. The number of fused-ring (bicyclic) bond motifs is 12. The van der Waals surface area contributed by atoms with Crippen LogP contribution in [-0.2, 0) is 0 Å². The first-order valence-corrected chi connectivity index (χ1v) is 18.9. The molecule has 0 unspecified atom stereocenters. The van der Waals surface area contributed by atoms with Gasteiger partial charge in [-0.25, -0.2) is 0 Å². The summed E-state index contributed by atoms with van der Waals surface area (Å²) in [6.07, 6.45) is 4.38. The molecule has 11 rings (SSSR count). The van der Waals surface area contributed by atoms with Gasteiger partial charge in [-0.1, -0.05) is 133 Å². The summed E-state index contributed by atoms with van der Waals surface area (Å²) in [6, 6.07) is 66.7. The lowest BCUT2D eigenvalue weighted by molar-refractivity contribution is 1.01. The van der Waals surface area contributed by atoms with E-state index >= 15 is 0 Å². The summed E-state index contributed by atoms with van der Waals surface area (Å²) in [6.45, 7) is 0. The molecule has 0 spiro atoms. The largest absolute Gasteiger partial charge is 0.314 e. The van der Waals surface area contributed by atoms with Crippen LogP contribution in [0.15, 0.2) is 194 Å². The number of benzene rings is 8. The SMILES string of the molecule is c1ccc(-n2ccn(-c3ccccc3)c3cc4c5ccccc5c5cc(-c6cccc7c6sc6ccccc67)ccc5c5ccccc5c4cc32)cc1. The maximum absolute atomic E-state index is 2.43. The third kappa shape index (κ3) is 4.71. The fraction of sp³-hybridized carbons (Fsp3) is 0. The number of thiophene rings is 1. The van der Waals surface area contributed by atoms with Crippen molar-refractivity contribution in [2.45, 2.75) is 0 Å². The zero-order chi connectivity index (χ0) is 34.9. The van der Waals surface area contributed by atoms with Crippen LogP contribution in [-0.4, -0.2) is 9.13 Å². The standard InChI is InChI=1S/C50H32N2S/c1-3-14-34(15-4-1)51-28-29-52(35-16-5-2-6-17-35)48-32-46-40-21-10-9-20-39(40)44-30-33(36-23-13-24-43-42-22-11-12-25-49(42)53-50(36)43)26-27-41(44)37-18-7-8-19-38(37)45(46)31-47(48)51/h1-32H. The first-order chi connectivity index (χ1) is 26.3. The Kier molecular flexibility index (Phi) is 6.76. The molecule has 0 aliphatic heterocycles. The summed E-state index contributed by atoms with van der Waals surface area (Å²) in [5, 5.41) is 12.5. The maximum atomic E-state index is 2.43. The summed E-state index contributed by atoms with van der Waals surface area (Å²) in [7, 11) is 0. The van der Waals surface area contributed by atoms with Gasteiger partial charge in [-0.15, -0.1) is 11.3 Å². The number of nitrogens with zero attached hydrogens (tertiary/aromatic N) is 2. The van der Waals surface area contributed by atoms with E-state index in [2.05, 4.69) is 204 Å². The van der Waals surface area contributed by atoms with Gasteiger partial charge in [0.1, 0.15) is 0 Å². The van der Waals surface area contributed by atoms with Gasteiger partial charge in [0.15, 0.2) is 0 Å². The Balaban J connectivity index is 1.30. The minimum Gasteiger partial charge on any atom is -0.314 e. The van der Waals surface area contributed by atoms with Crippen molar-refractivity contribution in [2.75, 3.05) is 0 Å². The summed E-state index contributed by atoms with van der Waals surface area (Å²) >= 11 is 1.89. The van der Waals surface area contributed by atoms with Crippen molar-refractivity contribution in [1.29, 1.82) is 0 Å². The molecule has 0 fully saturated rings. The van der Waals surface area contributed by atoms with E-state index in [1.165, 1.54) is 74.4 Å². The Morgan fingerprint density at radius 2 is 0.774 bits per heavy atom. The van der Waals surface area contributed by atoms with Crippen LogP contribution < -0.4 is 0 Å². The van der Waals surface area contributed by atoms with Crippen molar-refractivity contribution >= 4 is 85.6 Å². The van der Waals surface area contributed by atoms with E-state index in [0.29, 0.717) is 0 Å². The van der Waals surface area contributed by atoms with Gasteiger partial charge in [-0.05, 0) is 103 Å². The van der Waals surface area contributed by atoms with Crippen molar-refractivity contribution < 1.29 is 0 Å². The van der Waals surface area contributed by atoms with Crippen LogP contribution in [0.2, 0.25) is 0 Å². The van der Waals surface area contributed by atoms with Gasteiger partial charge in [-0.2, -0.15) is 0 Å². The molecule has 0 saturated carbocycles. The van der Waals surface area contributed by atoms with E-state index in [0.717, 1.165) is 22.4 Å². The minimum absolute atomic E-state index is 1.13. The van der Waals surface area contributed by atoms with Gasteiger partial charge in [0.2, 0.25) is 0 Å². The van der Waals surface area contributed by atoms with Gasteiger partial charge < -0.3 is 9.13 Å². The molecule has 53 heavy (non-hydrogen) atoms. The van der Waals surface area contributed by atoms with E-state index in [1.807, 2.05) is 11.3 Å². The highest BCUT2D eigenvalue weighted by atomic mass is 32.1. The van der Waals surface area contributed by atoms with Crippen molar-refractivity contribution in [1.82, 2.24) is 9.13 Å². The average Bonchev–Trinajstić information content (AvgIpc) is 3.62. The van der Waals surface area contributed by atoms with Crippen molar-refractivity contribution in [3.8, 4) is 22.5 Å². The Hall–Kier alpha value is -6.68. The van der Waals surface area contributed by atoms with Gasteiger partial charge >= 0.3 is 0 Å². The number of rotatable bonds is 3. The van der Waals surface area contributed by atoms with Crippen LogP contribution in [0, 0.1) is 0 Å². The Morgan fingerprint density at radius 1 is 0.321 bits per heavy atom. The lowest BCUT2D eigenvalue weighted by Gasteiger charge is -2.19. The molecular formula is C50H32N2S. The summed E-state index contributed by atoms with van der Waals surface area (Å²) in [4.78, 5) is 0. The van der Waals surface area contributed by atoms with E-state index in [9.17, 15) is 0 Å². The fourth-order valence-electron chi connectivity index (χ4n) is 8.38. The summed E-state index contributed by atoms with van der Waals surface area (Å²) < 4.78 is 7.30. The topological polar surface area (TPSA) is 9.86 Å². The molecular weight excluding hydrogens is 661 g/mol. The Bertz CT molecular complexity index is 3270. The monoisotopic (exact) mass is 692 g/mol. The van der Waals surface area contributed by atoms with E-state index in [1.54, 1.807) is 0 Å². The molecule has 11 aromatic rings. The molecule has 0 amide bonds. The third-order valence-corrected chi connectivity index (χ3v) is 12.0. The second kappa shape index (κ2) is 11.9.